The van der Waals surface area contributed by atoms with Crippen LogP contribution in [-0.2, 0) is 25.6 Å². The number of rotatable bonds is 13. The summed E-state index contributed by atoms with van der Waals surface area (Å²) in [6.07, 6.45) is 14.9. The van der Waals surface area contributed by atoms with Crippen LogP contribution < -0.4 is 14.8 Å². The molecule has 4 fully saturated rings. The topological polar surface area (TPSA) is 103 Å². The fraction of sp³-hybridized carbons (Fsp3) is 0.565. The van der Waals surface area contributed by atoms with Gasteiger partial charge in [0.05, 0.1) is 37.3 Å². The third-order valence-corrected chi connectivity index (χ3v) is 15.4. The number of likely N-dealkylation sites (tertiary alicyclic amines) is 1. The van der Waals surface area contributed by atoms with Crippen molar-refractivity contribution in [2.24, 2.45) is 34.5 Å². The number of carbonyl (C=O) groups excluding carboxylic acids is 3. The first-order chi connectivity index (χ1) is 34.1. The highest BCUT2D eigenvalue weighted by Gasteiger charge is 2.32. The molecule has 1 N–H and O–H groups in total. The predicted molar refractivity (Wildman–Crippen MR) is 288 cm³/mol. The second-order valence-corrected chi connectivity index (χ2v) is 22.5. The zero-order valence-electron chi connectivity index (χ0n) is 44.5. The lowest BCUT2D eigenvalue weighted by atomic mass is 9.72. The van der Waals surface area contributed by atoms with Gasteiger partial charge in [-0.05, 0) is 192 Å². The molecule has 0 aromatic heterocycles. The minimum absolute atomic E-state index is 0.0194. The highest BCUT2D eigenvalue weighted by molar-refractivity contribution is 5.77. The molecule has 4 aliphatic rings. The summed E-state index contributed by atoms with van der Waals surface area (Å²) in [7, 11) is 0. The van der Waals surface area contributed by atoms with Crippen molar-refractivity contribution < 1.29 is 33.3 Å². The number of nitrogens with one attached hydrogen (secondary N) is 1. The highest BCUT2D eigenvalue weighted by atomic mass is 16.5. The van der Waals surface area contributed by atoms with Crippen LogP contribution in [0.2, 0.25) is 0 Å². The molecular formula is C62H86N2O7. The van der Waals surface area contributed by atoms with Gasteiger partial charge in [0.1, 0.15) is 17.8 Å². The Bertz CT molecular complexity index is 2180. The molecule has 0 atom stereocenters. The summed E-state index contributed by atoms with van der Waals surface area (Å²) in [6, 6.07) is 33.4. The van der Waals surface area contributed by atoms with Crippen LogP contribution in [0, 0.1) is 34.5 Å². The monoisotopic (exact) mass is 971 g/mol. The van der Waals surface area contributed by atoms with Crippen molar-refractivity contribution in [3.8, 4) is 33.8 Å². The summed E-state index contributed by atoms with van der Waals surface area (Å²) in [4.78, 5) is 36.3. The fourth-order valence-electron chi connectivity index (χ4n) is 10.6. The third kappa shape index (κ3) is 17.6. The molecule has 2 aliphatic carbocycles. The quantitative estimate of drug-likeness (QED) is 0.104. The molecule has 9 heteroatoms. The Kier molecular flexibility index (Phi) is 21.2. The number of esters is 2. The fourth-order valence-corrected chi connectivity index (χ4v) is 10.6. The molecular weight excluding hydrogens is 885 g/mol. The first-order valence-electron chi connectivity index (χ1n) is 27.1. The number of hydrogen-bond donors (Lipinski definition) is 1. The SMILES string of the molecule is CC(C)(C)C1CCC(Oc2ccc(-c3ccc(C=O)cc3)cc2)CC1.CCOC(=O)C1CCN(Cc2ccc(-c3ccc(OC4CCC(C(C)(C)C)CC4)cc3)cc2)CC1.CCOC(=O)C1CCNCC1. The van der Waals surface area contributed by atoms with E-state index in [4.69, 9.17) is 18.9 Å². The van der Waals surface area contributed by atoms with Gasteiger partial charge in [-0.25, -0.2) is 0 Å². The lowest BCUT2D eigenvalue weighted by Crippen LogP contribution is -2.36. The van der Waals surface area contributed by atoms with Crippen molar-refractivity contribution in [2.75, 3.05) is 39.4 Å². The summed E-state index contributed by atoms with van der Waals surface area (Å²) in [5.41, 5.74) is 7.53. The van der Waals surface area contributed by atoms with Crippen LogP contribution in [0.5, 0.6) is 11.5 Å². The zero-order chi connectivity index (χ0) is 50.8. The summed E-state index contributed by atoms with van der Waals surface area (Å²) in [5, 5.41) is 3.20. The number of hydrogen-bond acceptors (Lipinski definition) is 9. The smallest absolute Gasteiger partial charge is 0.309 e. The molecule has 0 radical (unpaired) electrons. The van der Waals surface area contributed by atoms with Crippen molar-refractivity contribution in [2.45, 2.75) is 151 Å². The van der Waals surface area contributed by atoms with Gasteiger partial charge >= 0.3 is 11.9 Å². The molecule has 0 amide bonds. The van der Waals surface area contributed by atoms with E-state index >= 15 is 0 Å². The summed E-state index contributed by atoms with van der Waals surface area (Å²) in [6.45, 7) is 23.5. The van der Waals surface area contributed by atoms with Gasteiger partial charge in [-0.2, -0.15) is 0 Å². The number of carbonyl (C=O) groups is 3. The van der Waals surface area contributed by atoms with Gasteiger partial charge in [-0.1, -0.05) is 114 Å². The van der Waals surface area contributed by atoms with Crippen LogP contribution in [0.4, 0.5) is 0 Å². The van der Waals surface area contributed by atoms with Gasteiger partial charge < -0.3 is 24.3 Å². The third-order valence-electron chi connectivity index (χ3n) is 15.4. The first kappa shape index (κ1) is 55.3. The van der Waals surface area contributed by atoms with E-state index in [9.17, 15) is 14.4 Å². The molecule has 386 valence electrons. The van der Waals surface area contributed by atoms with Gasteiger partial charge in [0.2, 0.25) is 0 Å². The van der Waals surface area contributed by atoms with Crippen LogP contribution in [0.3, 0.4) is 0 Å². The normalized spacial score (nSPS) is 21.3. The molecule has 2 saturated carbocycles. The van der Waals surface area contributed by atoms with Crippen molar-refractivity contribution in [1.82, 2.24) is 10.2 Å². The number of nitrogens with zero attached hydrogens (tertiary/aromatic N) is 1. The van der Waals surface area contributed by atoms with Gasteiger partial charge in [0.15, 0.2) is 0 Å². The van der Waals surface area contributed by atoms with Gasteiger partial charge in [0, 0.05) is 12.1 Å². The molecule has 2 heterocycles. The number of aldehydes is 1. The standard InChI is InChI=1S/C31H43NO3.C23H28O2.C8H15NO2/c1-5-34-30(33)26-18-20-32(21-19-26)22-23-6-8-24(9-7-23)25-10-14-28(15-11-25)35-29-16-12-27(13-17-29)31(2,3)4;1-23(2,3)20-10-14-22(15-11-20)25-21-12-8-19(9-13-21)18-6-4-17(16-24)5-7-18;1-2-11-8(10)7-3-5-9-6-4-7/h6-11,14-15,26-27,29H,5,12-13,16-22H2,1-4H3;4-9,12-13,16,20,22H,10-11,14-15H2,1-3H3;7,9H,2-6H2,1H3. The Labute approximate surface area is 427 Å². The average Bonchev–Trinajstić information content (AvgIpc) is 3.38. The molecule has 8 rings (SSSR count). The predicted octanol–water partition coefficient (Wildman–Crippen LogP) is 13.8. The van der Waals surface area contributed by atoms with Crippen molar-refractivity contribution >= 4 is 18.2 Å². The van der Waals surface area contributed by atoms with Gasteiger partial charge in [0.25, 0.3) is 0 Å². The molecule has 0 unspecified atom stereocenters. The molecule has 0 spiro atoms. The van der Waals surface area contributed by atoms with Gasteiger partial charge in [-0.3, -0.25) is 19.3 Å². The van der Waals surface area contributed by atoms with Crippen LogP contribution in [0.15, 0.2) is 97.1 Å². The maximum Gasteiger partial charge on any atom is 0.309 e. The van der Waals surface area contributed by atoms with Crippen molar-refractivity contribution in [3.05, 3.63) is 108 Å². The second-order valence-electron chi connectivity index (χ2n) is 22.5. The minimum Gasteiger partial charge on any atom is -0.490 e. The largest absolute Gasteiger partial charge is 0.490 e. The van der Waals surface area contributed by atoms with Crippen LogP contribution in [-0.4, -0.2) is 74.7 Å². The Balaban J connectivity index is 0.000000198. The van der Waals surface area contributed by atoms with Gasteiger partial charge in [-0.15, -0.1) is 0 Å². The zero-order valence-corrected chi connectivity index (χ0v) is 44.5. The average molecular weight is 971 g/mol. The number of ether oxygens (including phenoxy) is 4. The molecule has 2 aliphatic heterocycles. The van der Waals surface area contributed by atoms with E-state index < -0.39 is 0 Å². The van der Waals surface area contributed by atoms with E-state index in [0.29, 0.717) is 41.8 Å². The van der Waals surface area contributed by atoms with Crippen molar-refractivity contribution in [3.63, 3.8) is 0 Å². The molecule has 0 bridgehead atoms. The van der Waals surface area contributed by atoms with E-state index in [-0.39, 0.29) is 23.8 Å². The van der Waals surface area contributed by atoms with Crippen LogP contribution >= 0.6 is 0 Å². The summed E-state index contributed by atoms with van der Waals surface area (Å²) < 4.78 is 22.6. The van der Waals surface area contributed by atoms with Crippen LogP contribution in [0.1, 0.15) is 148 Å². The highest BCUT2D eigenvalue weighted by Crippen LogP contribution is 2.40. The molecule has 4 aromatic rings. The molecule has 2 saturated heterocycles. The maximum atomic E-state index is 12.0. The Morgan fingerprint density at radius 3 is 1.25 bits per heavy atom. The lowest BCUT2D eigenvalue weighted by Gasteiger charge is -2.37. The number of piperidine rings is 2. The lowest BCUT2D eigenvalue weighted by molar-refractivity contribution is -0.150. The summed E-state index contributed by atoms with van der Waals surface area (Å²) in [5.74, 6) is 3.72. The van der Waals surface area contributed by atoms with Crippen molar-refractivity contribution in [1.29, 1.82) is 0 Å². The molecule has 71 heavy (non-hydrogen) atoms. The van der Waals surface area contributed by atoms with E-state index in [2.05, 4.69) is 125 Å². The van der Waals surface area contributed by atoms with E-state index in [0.717, 1.165) is 125 Å². The molecule has 4 aromatic carbocycles. The Morgan fingerprint density at radius 1 is 0.521 bits per heavy atom. The van der Waals surface area contributed by atoms with Crippen LogP contribution in [0.25, 0.3) is 22.3 Å². The van der Waals surface area contributed by atoms with E-state index in [1.54, 1.807) is 0 Å². The maximum absolute atomic E-state index is 12.0. The van der Waals surface area contributed by atoms with E-state index in [1.807, 2.05) is 38.1 Å². The Hall–Kier alpha value is -4.99. The Morgan fingerprint density at radius 2 is 0.887 bits per heavy atom. The summed E-state index contributed by atoms with van der Waals surface area (Å²) >= 11 is 0. The number of benzene rings is 4. The minimum atomic E-state index is -0.0270. The second kappa shape index (κ2) is 27.2. The van der Waals surface area contributed by atoms with E-state index in [1.165, 1.54) is 42.4 Å². The molecule has 9 nitrogen and oxygen atoms in total. The first-order valence-corrected chi connectivity index (χ1v) is 27.1.